The summed E-state index contributed by atoms with van der Waals surface area (Å²) in [5.74, 6) is -0.514. The Labute approximate surface area is 116 Å². The van der Waals surface area contributed by atoms with Gasteiger partial charge in [-0.3, -0.25) is 10.1 Å². The molecule has 0 saturated heterocycles. The lowest BCUT2D eigenvalue weighted by Crippen LogP contribution is -2.29. The summed E-state index contributed by atoms with van der Waals surface area (Å²) in [7, 11) is 0. The van der Waals surface area contributed by atoms with Crippen LogP contribution in [0.2, 0.25) is 0 Å². The van der Waals surface area contributed by atoms with Crippen LogP contribution in [0.5, 0.6) is 5.75 Å². The predicted octanol–water partition coefficient (Wildman–Crippen LogP) is 1.77. The van der Waals surface area contributed by atoms with E-state index in [9.17, 15) is 14.9 Å². The van der Waals surface area contributed by atoms with E-state index in [1.54, 1.807) is 19.9 Å². The van der Waals surface area contributed by atoms with Crippen molar-refractivity contribution in [3.8, 4) is 5.75 Å². The van der Waals surface area contributed by atoms with Crippen LogP contribution in [-0.2, 0) is 16.1 Å². The molecule has 0 heterocycles. The number of nitrogens with zero attached hydrogens (tertiary/aromatic N) is 1. The number of hydrogen-bond acceptors (Lipinski definition) is 6. The van der Waals surface area contributed by atoms with Crippen LogP contribution < -0.4 is 10.5 Å². The second kappa shape index (κ2) is 7.44. The summed E-state index contributed by atoms with van der Waals surface area (Å²) in [6.45, 7) is 3.87. The Morgan fingerprint density at radius 1 is 1.45 bits per heavy atom. The first-order chi connectivity index (χ1) is 9.53. The topological polar surface area (TPSA) is 105 Å². The van der Waals surface area contributed by atoms with Gasteiger partial charge in [0.15, 0.2) is 11.9 Å². The molecule has 0 radical (unpaired) electrons. The molecule has 0 fully saturated rings. The fourth-order valence-corrected chi connectivity index (χ4v) is 1.62. The second-order valence-electron chi connectivity index (χ2n) is 4.03. The zero-order valence-electron chi connectivity index (χ0n) is 11.5. The van der Waals surface area contributed by atoms with E-state index in [0.717, 1.165) is 0 Å². The third-order valence-corrected chi connectivity index (χ3v) is 2.65. The average Bonchev–Trinajstić information content (AvgIpc) is 2.44. The van der Waals surface area contributed by atoms with Gasteiger partial charge in [0.1, 0.15) is 0 Å². The minimum Gasteiger partial charge on any atom is -0.472 e. The normalized spacial score (nSPS) is 11.8. The minimum absolute atomic E-state index is 0.0258. The third kappa shape index (κ3) is 3.92. The molecule has 0 aliphatic heterocycles. The maximum Gasteiger partial charge on any atom is 0.347 e. The van der Waals surface area contributed by atoms with Crippen LogP contribution >= 0.6 is 0 Å². The summed E-state index contributed by atoms with van der Waals surface area (Å²) >= 11 is 0. The largest absolute Gasteiger partial charge is 0.472 e. The van der Waals surface area contributed by atoms with Gasteiger partial charge in [0.25, 0.3) is 0 Å². The van der Waals surface area contributed by atoms with Crippen molar-refractivity contribution >= 4 is 11.7 Å². The molecule has 20 heavy (non-hydrogen) atoms. The van der Waals surface area contributed by atoms with Crippen molar-refractivity contribution in [3.63, 3.8) is 0 Å². The van der Waals surface area contributed by atoms with E-state index >= 15 is 0 Å². The first-order valence-electron chi connectivity index (χ1n) is 6.34. The number of benzene rings is 1. The standard InChI is InChI=1S/C13H18N2O5/c1-3-11(13(16)19-4-2)20-12-7-9(8-14)5-6-10(12)15(17)18/h5-7,11H,3-4,8,14H2,1-2H3. The van der Waals surface area contributed by atoms with Crippen LogP contribution in [0, 0.1) is 10.1 Å². The molecule has 0 bridgehead atoms. The first kappa shape index (κ1) is 15.9. The van der Waals surface area contributed by atoms with Crippen LogP contribution in [0.1, 0.15) is 25.8 Å². The number of carbonyl (C=O) groups excluding carboxylic acids is 1. The first-order valence-corrected chi connectivity index (χ1v) is 6.34. The number of esters is 1. The van der Waals surface area contributed by atoms with Gasteiger partial charge < -0.3 is 15.2 Å². The van der Waals surface area contributed by atoms with Gasteiger partial charge >= 0.3 is 11.7 Å². The molecular formula is C13H18N2O5. The second-order valence-corrected chi connectivity index (χ2v) is 4.03. The Balaban J connectivity index is 3.03. The van der Waals surface area contributed by atoms with Crippen molar-refractivity contribution < 1.29 is 19.2 Å². The minimum atomic E-state index is -0.873. The van der Waals surface area contributed by atoms with Gasteiger partial charge in [0.2, 0.25) is 0 Å². The van der Waals surface area contributed by atoms with Crippen LogP contribution in [0.25, 0.3) is 0 Å². The maximum atomic E-state index is 11.7. The highest BCUT2D eigenvalue weighted by atomic mass is 16.6. The average molecular weight is 282 g/mol. The molecule has 0 aromatic heterocycles. The molecule has 1 unspecified atom stereocenters. The van der Waals surface area contributed by atoms with E-state index < -0.39 is 17.0 Å². The number of nitro benzene ring substituents is 1. The fraction of sp³-hybridized carbons (Fsp3) is 0.462. The van der Waals surface area contributed by atoms with Crippen molar-refractivity contribution in [1.29, 1.82) is 0 Å². The monoisotopic (exact) mass is 282 g/mol. The van der Waals surface area contributed by atoms with E-state index in [-0.39, 0.29) is 24.6 Å². The quantitative estimate of drug-likeness (QED) is 0.464. The van der Waals surface area contributed by atoms with Crippen molar-refractivity contribution in [3.05, 3.63) is 33.9 Å². The molecular weight excluding hydrogens is 264 g/mol. The van der Waals surface area contributed by atoms with E-state index in [1.807, 2.05) is 0 Å². The van der Waals surface area contributed by atoms with Crippen molar-refractivity contribution in [2.75, 3.05) is 6.61 Å². The van der Waals surface area contributed by atoms with E-state index in [0.29, 0.717) is 12.0 Å². The predicted molar refractivity (Wildman–Crippen MR) is 72.3 cm³/mol. The Morgan fingerprint density at radius 2 is 2.15 bits per heavy atom. The molecule has 0 aliphatic rings. The number of nitrogens with two attached hydrogens (primary N) is 1. The molecule has 2 N–H and O–H groups in total. The lowest BCUT2D eigenvalue weighted by atomic mass is 10.2. The van der Waals surface area contributed by atoms with E-state index in [2.05, 4.69) is 0 Å². The van der Waals surface area contributed by atoms with Gasteiger partial charge in [-0.2, -0.15) is 0 Å². The SMILES string of the molecule is CCOC(=O)C(CC)Oc1cc(CN)ccc1[N+](=O)[O-]. The molecule has 110 valence electrons. The van der Waals surface area contributed by atoms with Gasteiger partial charge in [-0.25, -0.2) is 4.79 Å². The highest BCUT2D eigenvalue weighted by molar-refractivity contribution is 5.75. The molecule has 0 amide bonds. The van der Waals surface area contributed by atoms with Gasteiger partial charge in [-0.15, -0.1) is 0 Å². The molecule has 0 saturated carbocycles. The number of rotatable bonds is 7. The third-order valence-electron chi connectivity index (χ3n) is 2.65. The van der Waals surface area contributed by atoms with Gasteiger partial charge in [0.05, 0.1) is 11.5 Å². The van der Waals surface area contributed by atoms with E-state index in [4.69, 9.17) is 15.2 Å². The van der Waals surface area contributed by atoms with Crippen LogP contribution in [-0.4, -0.2) is 23.6 Å². The van der Waals surface area contributed by atoms with Gasteiger partial charge in [-0.1, -0.05) is 13.0 Å². The van der Waals surface area contributed by atoms with Crippen molar-refractivity contribution in [1.82, 2.24) is 0 Å². The summed E-state index contributed by atoms with van der Waals surface area (Å²) in [5, 5.41) is 11.0. The molecule has 1 rings (SSSR count). The number of nitro groups is 1. The summed E-state index contributed by atoms with van der Waals surface area (Å²) in [5.41, 5.74) is 5.98. The van der Waals surface area contributed by atoms with E-state index in [1.165, 1.54) is 12.1 Å². The Morgan fingerprint density at radius 3 is 2.65 bits per heavy atom. The number of carbonyl (C=O) groups is 1. The lowest BCUT2D eigenvalue weighted by Gasteiger charge is -2.16. The molecule has 0 spiro atoms. The lowest BCUT2D eigenvalue weighted by molar-refractivity contribution is -0.386. The Bertz CT molecular complexity index is 490. The van der Waals surface area contributed by atoms with Crippen molar-refractivity contribution in [2.24, 2.45) is 5.73 Å². The van der Waals surface area contributed by atoms with Gasteiger partial charge in [-0.05, 0) is 25.0 Å². The maximum absolute atomic E-state index is 11.7. The summed E-state index contributed by atoms with van der Waals surface area (Å²) < 4.78 is 10.3. The van der Waals surface area contributed by atoms with Gasteiger partial charge in [0, 0.05) is 12.6 Å². The molecule has 7 nitrogen and oxygen atoms in total. The Kier molecular flexibility index (Phi) is 5.92. The molecule has 1 atom stereocenters. The molecule has 1 aromatic rings. The van der Waals surface area contributed by atoms with Crippen molar-refractivity contribution in [2.45, 2.75) is 32.9 Å². The number of hydrogen-bond donors (Lipinski definition) is 1. The number of ether oxygens (including phenoxy) is 2. The van der Waals surface area contributed by atoms with Crippen LogP contribution in [0.15, 0.2) is 18.2 Å². The molecule has 7 heteroatoms. The summed E-state index contributed by atoms with van der Waals surface area (Å²) in [6.07, 6.45) is -0.523. The molecule has 0 aliphatic carbocycles. The van der Waals surface area contributed by atoms with Crippen LogP contribution in [0.3, 0.4) is 0 Å². The Hall–Kier alpha value is -2.15. The van der Waals surface area contributed by atoms with Crippen LogP contribution in [0.4, 0.5) is 5.69 Å². The highest BCUT2D eigenvalue weighted by Crippen LogP contribution is 2.29. The summed E-state index contributed by atoms with van der Waals surface area (Å²) in [6, 6.07) is 4.34. The zero-order valence-corrected chi connectivity index (χ0v) is 11.5. The fourth-order valence-electron chi connectivity index (χ4n) is 1.62. The zero-order chi connectivity index (χ0) is 15.1. The smallest absolute Gasteiger partial charge is 0.347 e. The highest BCUT2D eigenvalue weighted by Gasteiger charge is 2.24. The summed E-state index contributed by atoms with van der Waals surface area (Å²) in [4.78, 5) is 22.1. The molecule has 1 aromatic carbocycles.